The first-order valence-electron chi connectivity index (χ1n) is 9.15. The third-order valence-corrected chi connectivity index (χ3v) is 4.95. The molecule has 0 saturated carbocycles. The molecule has 0 radical (unpaired) electrons. The molecule has 1 aliphatic heterocycles. The van der Waals surface area contributed by atoms with Gasteiger partial charge in [0.15, 0.2) is 0 Å². The summed E-state index contributed by atoms with van der Waals surface area (Å²) in [4.78, 5) is 38.3. The van der Waals surface area contributed by atoms with E-state index in [-0.39, 0.29) is 22.6 Å². The number of nitro groups is 1. The van der Waals surface area contributed by atoms with Crippen LogP contribution in [0, 0.1) is 10.1 Å². The number of aliphatic hydroxyl groups is 1. The smallest absolute Gasteiger partial charge is 0.300 e. The molecule has 1 saturated heterocycles. The van der Waals surface area contributed by atoms with Crippen molar-refractivity contribution in [2.24, 2.45) is 0 Å². The summed E-state index contributed by atoms with van der Waals surface area (Å²) in [5.41, 5.74) is 0.443. The van der Waals surface area contributed by atoms with Crippen LogP contribution < -0.4 is 4.90 Å². The molecule has 1 heterocycles. The first-order chi connectivity index (χ1) is 14.5. The number of anilines is 1. The van der Waals surface area contributed by atoms with Crippen LogP contribution in [-0.4, -0.2) is 21.7 Å². The maximum Gasteiger partial charge on any atom is 0.300 e. The van der Waals surface area contributed by atoms with Crippen molar-refractivity contribution in [3.8, 4) is 0 Å². The van der Waals surface area contributed by atoms with Gasteiger partial charge in [-0.25, -0.2) is 0 Å². The molecule has 4 rings (SSSR count). The number of nitrogens with zero attached hydrogens (tertiary/aromatic N) is 2. The minimum absolute atomic E-state index is 0.142. The summed E-state index contributed by atoms with van der Waals surface area (Å²) in [5.74, 6) is -2.14. The molecule has 30 heavy (non-hydrogen) atoms. The van der Waals surface area contributed by atoms with E-state index in [0.29, 0.717) is 11.3 Å². The van der Waals surface area contributed by atoms with Gasteiger partial charge < -0.3 is 5.11 Å². The Labute approximate surface area is 171 Å². The predicted molar refractivity (Wildman–Crippen MR) is 111 cm³/mol. The molecule has 3 aromatic rings. The maximum absolute atomic E-state index is 13.0. The number of nitro benzene ring substituents is 1. The van der Waals surface area contributed by atoms with E-state index < -0.39 is 22.7 Å². The van der Waals surface area contributed by atoms with E-state index in [9.17, 15) is 24.8 Å². The second-order valence-electron chi connectivity index (χ2n) is 6.69. The zero-order chi connectivity index (χ0) is 21.3. The van der Waals surface area contributed by atoms with Gasteiger partial charge in [0.1, 0.15) is 11.8 Å². The van der Waals surface area contributed by atoms with Crippen LogP contribution in [0.2, 0.25) is 0 Å². The zero-order valence-corrected chi connectivity index (χ0v) is 15.6. The lowest BCUT2D eigenvalue weighted by molar-refractivity contribution is -0.385. The fourth-order valence-electron chi connectivity index (χ4n) is 3.62. The molecule has 0 aromatic heterocycles. The average Bonchev–Trinajstić information content (AvgIpc) is 3.05. The number of hydrogen-bond acceptors (Lipinski definition) is 5. The third kappa shape index (κ3) is 3.12. The highest BCUT2D eigenvalue weighted by atomic mass is 16.6. The molecule has 3 aromatic carbocycles. The zero-order valence-electron chi connectivity index (χ0n) is 15.6. The number of para-hydroxylation sites is 2. The lowest BCUT2D eigenvalue weighted by Gasteiger charge is -2.25. The van der Waals surface area contributed by atoms with E-state index in [4.69, 9.17) is 0 Å². The van der Waals surface area contributed by atoms with Crippen LogP contribution in [0.4, 0.5) is 11.4 Å². The second-order valence-corrected chi connectivity index (χ2v) is 6.69. The summed E-state index contributed by atoms with van der Waals surface area (Å²) in [7, 11) is 0. The highest BCUT2D eigenvalue weighted by Crippen LogP contribution is 2.44. The number of carbonyl (C=O) groups is 2. The summed E-state index contributed by atoms with van der Waals surface area (Å²) >= 11 is 0. The molecule has 7 nitrogen and oxygen atoms in total. The number of ketones is 1. The normalized spacial score (nSPS) is 17.9. The van der Waals surface area contributed by atoms with Gasteiger partial charge in [-0.05, 0) is 18.2 Å². The molecule has 0 spiro atoms. The fourth-order valence-corrected chi connectivity index (χ4v) is 3.62. The van der Waals surface area contributed by atoms with Gasteiger partial charge in [0.05, 0.1) is 16.1 Å². The average molecular weight is 400 g/mol. The Balaban J connectivity index is 2.02. The van der Waals surface area contributed by atoms with Crippen molar-refractivity contribution >= 4 is 28.8 Å². The van der Waals surface area contributed by atoms with Crippen LogP contribution in [0.25, 0.3) is 5.76 Å². The first kappa shape index (κ1) is 19.1. The molecule has 1 atom stereocenters. The van der Waals surface area contributed by atoms with Crippen molar-refractivity contribution in [3.05, 3.63) is 112 Å². The van der Waals surface area contributed by atoms with Gasteiger partial charge >= 0.3 is 0 Å². The van der Waals surface area contributed by atoms with Crippen molar-refractivity contribution in [1.82, 2.24) is 0 Å². The lowest BCUT2D eigenvalue weighted by Crippen LogP contribution is -2.29. The van der Waals surface area contributed by atoms with Crippen LogP contribution in [-0.2, 0) is 9.59 Å². The number of carbonyl (C=O) groups excluding carboxylic acids is 2. The number of aliphatic hydroxyl groups excluding tert-OH is 1. The minimum atomic E-state index is -1.14. The Bertz CT molecular complexity index is 1170. The number of amides is 1. The molecule has 1 amide bonds. The fraction of sp³-hybridized carbons (Fsp3) is 0.0435. The molecule has 0 aliphatic carbocycles. The molecule has 1 N–H and O–H groups in total. The van der Waals surface area contributed by atoms with Gasteiger partial charge in [0.2, 0.25) is 0 Å². The van der Waals surface area contributed by atoms with Crippen molar-refractivity contribution in [3.63, 3.8) is 0 Å². The monoisotopic (exact) mass is 400 g/mol. The molecule has 7 heteroatoms. The van der Waals surface area contributed by atoms with E-state index in [1.807, 2.05) is 0 Å². The van der Waals surface area contributed by atoms with Crippen LogP contribution >= 0.6 is 0 Å². The summed E-state index contributed by atoms with van der Waals surface area (Å²) in [5, 5.41) is 22.6. The van der Waals surface area contributed by atoms with Crippen molar-refractivity contribution < 1.29 is 19.6 Å². The van der Waals surface area contributed by atoms with Crippen LogP contribution in [0.3, 0.4) is 0 Å². The first-order valence-corrected chi connectivity index (χ1v) is 9.15. The molecular formula is C23H16N2O5. The Morgan fingerprint density at radius 2 is 1.43 bits per heavy atom. The highest BCUT2D eigenvalue weighted by molar-refractivity contribution is 6.51. The minimum Gasteiger partial charge on any atom is -0.507 e. The van der Waals surface area contributed by atoms with Crippen molar-refractivity contribution in [2.45, 2.75) is 6.04 Å². The van der Waals surface area contributed by atoms with E-state index in [1.54, 1.807) is 66.7 Å². The van der Waals surface area contributed by atoms with E-state index >= 15 is 0 Å². The van der Waals surface area contributed by atoms with Crippen LogP contribution in [0.5, 0.6) is 0 Å². The summed E-state index contributed by atoms with van der Waals surface area (Å²) < 4.78 is 0. The SMILES string of the molecule is O=C1C(=O)N(c2ccccc2)C(c2ccccc2[N+](=O)[O-])/C1=C(/O)c1ccccc1. The van der Waals surface area contributed by atoms with Gasteiger partial charge in [-0.1, -0.05) is 60.7 Å². The van der Waals surface area contributed by atoms with Gasteiger partial charge in [-0.3, -0.25) is 24.6 Å². The summed E-state index contributed by atoms with van der Waals surface area (Å²) in [6.45, 7) is 0. The molecule has 148 valence electrons. The lowest BCUT2D eigenvalue weighted by atomic mass is 9.94. The molecule has 1 unspecified atom stereocenters. The van der Waals surface area contributed by atoms with E-state index in [1.165, 1.54) is 23.1 Å². The highest BCUT2D eigenvalue weighted by Gasteiger charge is 2.48. The molecule has 1 fully saturated rings. The number of rotatable bonds is 4. The van der Waals surface area contributed by atoms with E-state index in [0.717, 1.165) is 0 Å². The second kappa shape index (κ2) is 7.63. The van der Waals surface area contributed by atoms with E-state index in [2.05, 4.69) is 0 Å². The number of benzene rings is 3. The van der Waals surface area contributed by atoms with Gasteiger partial charge in [0.25, 0.3) is 17.4 Å². The molecule has 1 aliphatic rings. The summed E-state index contributed by atoms with van der Waals surface area (Å²) in [6.07, 6.45) is 0. The predicted octanol–water partition coefficient (Wildman–Crippen LogP) is 4.22. The maximum atomic E-state index is 13.0. The van der Waals surface area contributed by atoms with Crippen LogP contribution in [0.15, 0.2) is 90.5 Å². The topological polar surface area (TPSA) is 101 Å². The van der Waals surface area contributed by atoms with Crippen LogP contribution in [0.1, 0.15) is 17.2 Å². The Morgan fingerprint density at radius 3 is 2.07 bits per heavy atom. The largest absolute Gasteiger partial charge is 0.507 e. The Kier molecular flexibility index (Phi) is 4.85. The van der Waals surface area contributed by atoms with Gasteiger partial charge in [-0.15, -0.1) is 0 Å². The Hall–Kier alpha value is -4.26. The number of hydrogen-bond donors (Lipinski definition) is 1. The number of Topliss-reactive ketones (excluding diaryl/α,β-unsaturated/α-hetero) is 1. The standard InChI is InChI=1S/C23H16N2O5/c26-21(15-9-3-1-4-10-15)19-20(17-13-7-8-14-18(17)25(29)30)24(23(28)22(19)27)16-11-5-2-6-12-16/h1-14,20,26H/b21-19-. The van der Waals surface area contributed by atoms with Crippen molar-refractivity contribution in [1.29, 1.82) is 0 Å². The molecule has 0 bridgehead atoms. The van der Waals surface area contributed by atoms with Crippen molar-refractivity contribution in [2.75, 3.05) is 4.90 Å². The quantitative estimate of drug-likeness (QED) is 0.232. The summed E-state index contributed by atoms with van der Waals surface area (Å²) in [6, 6.07) is 21.5. The van der Waals surface area contributed by atoms with Gasteiger partial charge in [0, 0.05) is 17.3 Å². The third-order valence-electron chi connectivity index (χ3n) is 4.95. The molecular weight excluding hydrogens is 384 g/mol. The van der Waals surface area contributed by atoms with Gasteiger partial charge in [-0.2, -0.15) is 0 Å². The Morgan fingerprint density at radius 1 is 0.867 bits per heavy atom.